The second-order valence-corrected chi connectivity index (χ2v) is 5.04. The highest BCUT2D eigenvalue weighted by molar-refractivity contribution is 7.17. The van der Waals surface area contributed by atoms with Gasteiger partial charge in [0, 0.05) is 0 Å². The van der Waals surface area contributed by atoms with E-state index in [-0.39, 0.29) is 18.1 Å². The van der Waals surface area contributed by atoms with Crippen LogP contribution in [0, 0.1) is 0 Å². The molecular formula is C12H15N3O3S. The number of carbonyl (C=O) groups excluding carboxylic acids is 1. The van der Waals surface area contributed by atoms with Crippen molar-refractivity contribution in [3.05, 3.63) is 27.6 Å². The zero-order valence-electron chi connectivity index (χ0n) is 10.8. The molecule has 0 aliphatic rings. The third kappa shape index (κ3) is 3.39. The molecule has 2 aromatic rings. The Kier molecular flexibility index (Phi) is 4.28. The predicted octanol–water partition coefficient (Wildman–Crippen LogP) is 0.979. The van der Waals surface area contributed by atoms with Crippen LogP contribution in [0.2, 0.25) is 0 Å². The fourth-order valence-corrected chi connectivity index (χ4v) is 2.46. The minimum atomic E-state index is -0.288. The van der Waals surface area contributed by atoms with Gasteiger partial charge in [-0.25, -0.2) is 4.98 Å². The van der Waals surface area contributed by atoms with Crippen LogP contribution < -0.4 is 5.56 Å². The summed E-state index contributed by atoms with van der Waals surface area (Å²) in [5, 5.41) is 1.83. The van der Waals surface area contributed by atoms with Crippen LogP contribution in [0.1, 0.15) is 12.7 Å². The molecule has 0 fully saturated rings. The van der Waals surface area contributed by atoms with Crippen molar-refractivity contribution in [1.82, 2.24) is 14.9 Å². The van der Waals surface area contributed by atoms with Crippen LogP contribution in [0.4, 0.5) is 0 Å². The van der Waals surface area contributed by atoms with Crippen LogP contribution >= 0.6 is 11.3 Å². The molecule has 0 radical (unpaired) electrons. The summed E-state index contributed by atoms with van der Waals surface area (Å²) in [6, 6.07) is 1.81. The summed E-state index contributed by atoms with van der Waals surface area (Å²) in [5.41, 5.74) is 0.549. The molecule has 2 heterocycles. The summed E-state index contributed by atoms with van der Waals surface area (Å²) in [4.78, 5) is 31.9. The number of carbonyl (C=O) groups is 1. The van der Waals surface area contributed by atoms with Crippen molar-refractivity contribution in [3.8, 4) is 0 Å². The second kappa shape index (κ2) is 5.94. The van der Waals surface area contributed by atoms with Gasteiger partial charge in [-0.2, -0.15) is 0 Å². The molecule has 2 rings (SSSR count). The zero-order valence-corrected chi connectivity index (χ0v) is 11.6. The fraction of sp³-hybridized carbons (Fsp3) is 0.417. The standard InChI is InChI=1S/C12H15N3O3S/c1-3-18-10(16)7-15(2)6-9-13-8-4-5-19-11(8)12(17)14-9/h4-5H,3,6-7H2,1-2H3,(H,13,14,17). The van der Waals surface area contributed by atoms with E-state index in [1.165, 1.54) is 11.3 Å². The van der Waals surface area contributed by atoms with E-state index in [0.29, 0.717) is 29.2 Å². The maximum Gasteiger partial charge on any atom is 0.320 e. The van der Waals surface area contributed by atoms with E-state index in [0.717, 1.165) is 0 Å². The topological polar surface area (TPSA) is 75.3 Å². The van der Waals surface area contributed by atoms with E-state index >= 15 is 0 Å². The highest BCUT2D eigenvalue weighted by Crippen LogP contribution is 2.13. The van der Waals surface area contributed by atoms with Gasteiger partial charge in [0.25, 0.3) is 5.56 Å². The van der Waals surface area contributed by atoms with E-state index in [4.69, 9.17) is 4.74 Å². The molecule has 102 valence electrons. The number of thiophene rings is 1. The molecule has 0 unspecified atom stereocenters. The van der Waals surface area contributed by atoms with Crippen LogP contribution in [-0.2, 0) is 16.1 Å². The number of nitrogens with one attached hydrogen (secondary N) is 1. The Morgan fingerprint density at radius 1 is 1.58 bits per heavy atom. The van der Waals surface area contributed by atoms with Crippen LogP contribution in [0.3, 0.4) is 0 Å². The molecule has 0 aliphatic carbocycles. The number of esters is 1. The Balaban J connectivity index is 2.08. The molecule has 6 nitrogen and oxygen atoms in total. The highest BCUT2D eigenvalue weighted by Gasteiger charge is 2.10. The maximum atomic E-state index is 11.8. The molecule has 1 N–H and O–H groups in total. The molecular weight excluding hydrogens is 266 g/mol. The molecule has 7 heteroatoms. The van der Waals surface area contributed by atoms with Gasteiger partial charge in [-0.3, -0.25) is 14.5 Å². The molecule has 0 spiro atoms. The smallest absolute Gasteiger partial charge is 0.320 e. The van der Waals surface area contributed by atoms with Crippen molar-refractivity contribution in [2.24, 2.45) is 0 Å². The van der Waals surface area contributed by atoms with Crippen molar-refractivity contribution in [2.75, 3.05) is 20.2 Å². The first kappa shape index (κ1) is 13.7. The van der Waals surface area contributed by atoms with Gasteiger partial charge in [0.05, 0.1) is 25.2 Å². The Hall–Kier alpha value is -1.73. The Morgan fingerprint density at radius 2 is 2.37 bits per heavy atom. The van der Waals surface area contributed by atoms with Crippen molar-refractivity contribution >= 4 is 27.5 Å². The largest absolute Gasteiger partial charge is 0.465 e. The number of nitrogens with zero attached hydrogens (tertiary/aromatic N) is 2. The Labute approximate surface area is 114 Å². The van der Waals surface area contributed by atoms with Crippen LogP contribution in [0.15, 0.2) is 16.2 Å². The number of fused-ring (bicyclic) bond motifs is 1. The lowest BCUT2D eigenvalue weighted by molar-refractivity contribution is -0.144. The summed E-state index contributed by atoms with van der Waals surface area (Å²) in [6.45, 7) is 2.68. The van der Waals surface area contributed by atoms with E-state index in [1.54, 1.807) is 18.9 Å². The summed E-state index contributed by atoms with van der Waals surface area (Å²) in [7, 11) is 1.77. The first-order valence-electron chi connectivity index (χ1n) is 5.90. The van der Waals surface area contributed by atoms with E-state index in [2.05, 4.69) is 9.97 Å². The van der Waals surface area contributed by atoms with Crippen molar-refractivity contribution in [2.45, 2.75) is 13.5 Å². The van der Waals surface area contributed by atoms with E-state index in [1.807, 2.05) is 11.4 Å². The van der Waals surface area contributed by atoms with E-state index < -0.39 is 0 Å². The molecule has 0 aliphatic heterocycles. The Bertz CT molecular complexity index is 634. The average molecular weight is 281 g/mol. The van der Waals surface area contributed by atoms with Crippen LogP contribution in [0.5, 0.6) is 0 Å². The van der Waals surface area contributed by atoms with Crippen molar-refractivity contribution in [1.29, 1.82) is 0 Å². The van der Waals surface area contributed by atoms with Gasteiger partial charge in [-0.05, 0) is 25.4 Å². The molecule has 2 aromatic heterocycles. The SMILES string of the molecule is CCOC(=O)CN(C)Cc1nc2ccsc2c(=O)[nH]1. The lowest BCUT2D eigenvalue weighted by Gasteiger charge is -2.14. The monoisotopic (exact) mass is 281 g/mol. The van der Waals surface area contributed by atoms with Gasteiger partial charge >= 0.3 is 5.97 Å². The first-order chi connectivity index (χ1) is 9.10. The average Bonchev–Trinajstić information content (AvgIpc) is 2.77. The van der Waals surface area contributed by atoms with Gasteiger partial charge in [0.15, 0.2) is 0 Å². The molecule has 19 heavy (non-hydrogen) atoms. The van der Waals surface area contributed by atoms with Gasteiger partial charge in [0.2, 0.25) is 0 Å². The fourth-order valence-electron chi connectivity index (χ4n) is 1.74. The quantitative estimate of drug-likeness (QED) is 0.827. The van der Waals surface area contributed by atoms with Gasteiger partial charge < -0.3 is 9.72 Å². The highest BCUT2D eigenvalue weighted by atomic mass is 32.1. The molecule has 0 bridgehead atoms. The van der Waals surface area contributed by atoms with Crippen molar-refractivity contribution in [3.63, 3.8) is 0 Å². The minimum absolute atomic E-state index is 0.139. The number of likely N-dealkylation sites (N-methyl/N-ethyl adjacent to an activating group) is 1. The van der Waals surface area contributed by atoms with Crippen molar-refractivity contribution < 1.29 is 9.53 Å². The molecule has 0 amide bonds. The van der Waals surface area contributed by atoms with Gasteiger partial charge in [0.1, 0.15) is 10.5 Å². The van der Waals surface area contributed by atoms with Gasteiger partial charge in [-0.15, -0.1) is 11.3 Å². The first-order valence-corrected chi connectivity index (χ1v) is 6.78. The lowest BCUT2D eigenvalue weighted by Crippen LogP contribution is -2.28. The maximum absolute atomic E-state index is 11.8. The number of rotatable bonds is 5. The Morgan fingerprint density at radius 3 is 3.11 bits per heavy atom. The summed E-state index contributed by atoms with van der Waals surface area (Å²) < 4.78 is 5.48. The molecule has 0 aromatic carbocycles. The van der Waals surface area contributed by atoms with Crippen LogP contribution in [0.25, 0.3) is 10.2 Å². The van der Waals surface area contributed by atoms with Gasteiger partial charge in [-0.1, -0.05) is 0 Å². The van der Waals surface area contributed by atoms with Crippen LogP contribution in [-0.4, -0.2) is 41.0 Å². The predicted molar refractivity (Wildman–Crippen MR) is 73.2 cm³/mol. The summed E-state index contributed by atoms with van der Waals surface area (Å²) >= 11 is 1.36. The molecule has 0 atom stereocenters. The summed E-state index contributed by atoms with van der Waals surface area (Å²) in [6.07, 6.45) is 0. The molecule has 0 saturated carbocycles. The number of aromatic amines is 1. The number of hydrogen-bond donors (Lipinski definition) is 1. The molecule has 0 saturated heterocycles. The second-order valence-electron chi connectivity index (χ2n) is 4.12. The minimum Gasteiger partial charge on any atom is -0.465 e. The normalized spacial score (nSPS) is 11.1. The number of hydrogen-bond acceptors (Lipinski definition) is 6. The zero-order chi connectivity index (χ0) is 13.8. The lowest BCUT2D eigenvalue weighted by atomic mass is 10.4. The number of ether oxygens (including phenoxy) is 1. The third-order valence-corrected chi connectivity index (χ3v) is 3.39. The number of aromatic nitrogens is 2. The van der Waals surface area contributed by atoms with E-state index in [9.17, 15) is 9.59 Å². The summed E-state index contributed by atoms with van der Waals surface area (Å²) in [5.74, 6) is 0.256. The number of H-pyrrole nitrogens is 1. The third-order valence-electron chi connectivity index (χ3n) is 2.49.